The van der Waals surface area contributed by atoms with E-state index in [2.05, 4.69) is 20.2 Å². The molecule has 1 aliphatic heterocycles. The molecule has 0 spiro atoms. The normalized spacial score (nSPS) is 18.4. The van der Waals surface area contributed by atoms with Crippen molar-refractivity contribution in [3.63, 3.8) is 0 Å². The van der Waals surface area contributed by atoms with Gasteiger partial charge in [0.25, 0.3) is 0 Å². The molecule has 0 aromatic carbocycles. The van der Waals surface area contributed by atoms with Gasteiger partial charge in [-0.25, -0.2) is 9.97 Å². The third-order valence-corrected chi connectivity index (χ3v) is 3.81. The van der Waals surface area contributed by atoms with Crippen LogP contribution in [0.4, 0.5) is 5.82 Å². The van der Waals surface area contributed by atoms with Gasteiger partial charge in [-0.2, -0.15) is 0 Å². The van der Waals surface area contributed by atoms with E-state index in [-0.39, 0.29) is 12.0 Å². The van der Waals surface area contributed by atoms with Gasteiger partial charge in [0.05, 0.1) is 25.5 Å². The van der Waals surface area contributed by atoms with Gasteiger partial charge >= 0.3 is 0 Å². The first-order chi connectivity index (χ1) is 11.5. The molecular formula is C16H27N5O3. The number of ether oxygens (including phenoxy) is 2. The van der Waals surface area contributed by atoms with Crippen LogP contribution in [0.2, 0.25) is 0 Å². The number of hydrogen-bond donors (Lipinski definition) is 1. The van der Waals surface area contributed by atoms with Crippen molar-refractivity contribution in [1.29, 1.82) is 0 Å². The molecule has 0 radical (unpaired) electrons. The lowest BCUT2D eigenvalue weighted by molar-refractivity contribution is -0.132. The Bertz CT molecular complexity index is 553. The zero-order valence-corrected chi connectivity index (χ0v) is 14.9. The Morgan fingerprint density at radius 2 is 2.29 bits per heavy atom. The minimum absolute atomic E-state index is 0.0939. The molecule has 1 aliphatic rings. The lowest BCUT2D eigenvalue weighted by atomic mass is 10.2. The van der Waals surface area contributed by atoms with Crippen molar-refractivity contribution < 1.29 is 14.3 Å². The standard InChI is InChI=1S/C16H27N5O3/c1-12-18-13(9-15(19-12)17-5-7-23-4)14-10-21(6-8-24-14)11-16(22)20(2)3/h9,14H,5-8,10-11H2,1-4H3,(H,17,18,19)/t14-/m0/s1. The highest BCUT2D eigenvalue weighted by Crippen LogP contribution is 2.22. The molecule has 0 unspecified atom stereocenters. The topological polar surface area (TPSA) is 79.8 Å². The van der Waals surface area contributed by atoms with E-state index < -0.39 is 0 Å². The molecular weight excluding hydrogens is 310 g/mol. The van der Waals surface area contributed by atoms with Crippen LogP contribution in [-0.4, -0.2) is 86.3 Å². The fourth-order valence-corrected chi connectivity index (χ4v) is 2.49. The summed E-state index contributed by atoms with van der Waals surface area (Å²) in [6.45, 7) is 5.53. The van der Waals surface area contributed by atoms with Crippen LogP contribution in [0.5, 0.6) is 0 Å². The highest BCUT2D eigenvalue weighted by molar-refractivity contribution is 5.77. The molecule has 24 heavy (non-hydrogen) atoms. The van der Waals surface area contributed by atoms with Gasteiger partial charge in [-0.1, -0.05) is 0 Å². The molecule has 1 saturated heterocycles. The Morgan fingerprint density at radius 1 is 1.50 bits per heavy atom. The zero-order valence-electron chi connectivity index (χ0n) is 14.9. The van der Waals surface area contributed by atoms with Gasteiger partial charge in [-0.05, 0) is 6.92 Å². The summed E-state index contributed by atoms with van der Waals surface area (Å²) >= 11 is 0. The Balaban J connectivity index is 2.02. The van der Waals surface area contributed by atoms with E-state index in [1.54, 1.807) is 26.1 Å². The largest absolute Gasteiger partial charge is 0.383 e. The molecule has 8 nitrogen and oxygen atoms in total. The summed E-state index contributed by atoms with van der Waals surface area (Å²) in [5.74, 6) is 1.55. The summed E-state index contributed by atoms with van der Waals surface area (Å²) in [5.41, 5.74) is 0.837. The Labute approximate surface area is 143 Å². The molecule has 0 saturated carbocycles. The number of hydrogen-bond acceptors (Lipinski definition) is 7. The van der Waals surface area contributed by atoms with Crippen molar-refractivity contribution in [3.8, 4) is 0 Å². The number of nitrogens with one attached hydrogen (secondary N) is 1. The van der Waals surface area contributed by atoms with Crippen LogP contribution < -0.4 is 5.32 Å². The average Bonchev–Trinajstić information content (AvgIpc) is 2.55. The molecule has 0 bridgehead atoms. The molecule has 2 heterocycles. The number of rotatable bonds is 7. The van der Waals surface area contributed by atoms with Crippen LogP contribution in [0.3, 0.4) is 0 Å². The summed E-state index contributed by atoms with van der Waals surface area (Å²) in [4.78, 5) is 24.5. The molecule has 1 fully saturated rings. The highest BCUT2D eigenvalue weighted by Gasteiger charge is 2.25. The average molecular weight is 337 g/mol. The highest BCUT2D eigenvalue weighted by atomic mass is 16.5. The molecule has 8 heteroatoms. The Hall–Kier alpha value is -1.77. The summed E-state index contributed by atoms with van der Waals surface area (Å²) in [6.07, 6.45) is -0.154. The molecule has 1 aromatic rings. The van der Waals surface area contributed by atoms with Gasteiger partial charge in [-0.3, -0.25) is 9.69 Å². The Morgan fingerprint density at radius 3 is 3.00 bits per heavy atom. The lowest BCUT2D eigenvalue weighted by Crippen LogP contribution is -2.44. The van der Waals surface area contributed by atoms with Crippen molar-refractivity contribution in [3.05, 3.63) is 17.6 Å². The van der Waals surface area contributed by atoms with E-state index in [4.69, 9.17) is 9.47 Å². The van der Waals surface area contributed by atoms with Crippen LogP contribution in [-0.2, 0) is 14.3 Å². The number of carbonyl (C=O) groups excluding carboxylic acids is 1. The van der Waals surface area contributed by atoms with Crippen molar-refractivity contribution in [1.82, 2.24) is 19.8 Å². The predicted octanol–water partition coefficient (Wildman–Crippen LogP) is 0.305. The van der Waals surface area contributed by atoms with E-state index in [1.165, 1.54) is 0 Å². The van der Waals surface area contributed by atoms with Crippen molar-refractivity contribution in [2.45, 2.75) is 13.0 Å². The quantitative estimate of drug-likeness (QED) is 0.717. The second-order valence-electron chi connectivity index (χ2n) is 6.03. The second kappa shape index (κ2) is 8.91. The number of likely N-dealkylation sites (N-methyl/N-ethyl adjacent to an activating group) is 1. The number of carbonyl (C=O) groups is 1. The molecule has 0 aliphatic carbocycles. The molecule has 2 rings (SSSR count). The zero-order chi connectivity index (χ0) is 17.5. The Kier molecular flexibility index (Phi) is 6.89. The third kappa shape index (κ3) is 5.40. The monoisotopic (exact) mass is 337 g/mol. The number of methoxy groups -OCH3 is 1. The van der Waals surface area contributed by atoms with Gasteiger partial charge < -0.3 is 19.7 Å². The van der Waals surface area contributed by atoms with Crippen molar-refractivity contribution >= 4 is 11.7 Å². The SMILES string of the molecule is COCCNc1cc([C@@H]2CN(CC(=O)N(C)C)CCO2)nc(C)n1. The maximum absolute atomic E-state index is 11.9. The summed E-state index contributed by atoms with van der Waals surface area (Å²) < 4.78 is 10.9. The molecule has 1 N–H and O–H groups in total. The number of amides is 1. The number of aryl methyl sites for hydroxylation is 1. The van der Waals surface area contributed by atoms with Crippen LogP contribution in [0.15, 0.2) is 6.07 Å². The number of nitrogens with zero attached hydrogens (tertiary/aromatic N) is 4. The fourth-order valence-electron chi connectivity index (χ4n) is 2.49. The number of aromatic nitrogens is 2. The molecule has 1 amide bonds. The minimum Gasteiger partial charge on any atom is -0.383 e. The molecule has 1 atom stereocenters. The maximum Gasteiger partial charge on any atom is 0.236 e. The van der Waals surface area contributed by atoms with Crippen molar-refractivity contribution in [2.24, 2.45) is 0 Å². The maximum atomic E-state index is 11.9. The third-order valence-electron chi connectivity index (χ3n) is 3.81. The fraction of sp³-hybridized carbons (Fsp3) is 0.688. The molecule has 1 aromatic heterocycles. The number of morpholine rings is 1. The predicted molar refractivity (Wildman–Crippen MR) is 91.0 cm³/mol. The smallest absolute Gasteiger partial charge is 0.236 e. The first-order valence-electron chi connectivity index (χ1n) is 8.12. The lowest BCUT2D eigenvalue weighted by Gasteiger charge is -2.32. The minimum atomic E-state index is -0.154. The van der Waals surface area contributed by atoms with Gasteiger partial charge in [0.2, 0.25) is 5.91 Å². The summed E-state index contributed by atoms with van der Waals surface area (Å²) in [7, 11) is 5.20. The van der Waals surface area contributed by atoms with E-state index in [0.29, 0.717) is 38.7 Å². The summed E-state index contributed by atoms with van der Waals surface area (Å²) in [6, 6.07) is 1.91. The van der Waals surface area contributed by atoms with E-state index in [1.807, 2.05) is 13.0 Å². The van der Waals surface area contributed by atoms with Crippen LogP contribution in [0.25, 0.3) is 0 Å². The van der Waals surface area contributed by atoms with Crippen LogP contribution in [0, 0.1) is 6.92 Å². The van der Waals surface area contributed by atoms with Crippen molar-refractivity contribution in [2.75, 3.05) is 65.9 Å². The number of anilines is 1. The van der Waals surface area contributed by atoms with E-state index >= 15 is 0 Å². The van der Waals surface area contributed by atoms with Crippen LogP contribution in [0.1, 0.15) is 17.6 Å². The second-order valence-corrected chi connectivity index (χ2v) is 6.03. The first kappa shape index (κ1) is 18.6. The van der Waals surface area contributed by atoms with E-state index in [9.17, 15) is 4.79 Å². The first-order valence-corrected chi connectivity index (χ1v) is 8.12. The van der Waals surface area contributed by atoms with Gasteiger partial charge in [0, 0.05) is 46.9 Å². The summed E-state index contributed by atoms with van der Waals surface area (Å²) in [5, 5.41) is 3.22. The van der Waals surface area contributed by atoms with Gasteiger partial charge in [-0.15, -0.1) is 0 Å². The van der Waals surface area contributed by atoms with Crippen LogP contribution >= 0.6 is 0 Å². The molecule has 134 valence electrons. The van der Waals surface area contributed by atoms with E-state index in [0.717, 1.165) is 18.1 Å². The van der Waals surface area contributed by atoms with Gasteiger partial charge in [0.15, 0.2) is 0 Å². The van der Waals surface area contributed by atoms with Gasteiger partial charge in [0.1, 0.15) is 17.7 Å².